The highest BCUT2D eigenvalue weighted by atomic mass is 16.2. The van der Waals surface area contributed by atoms with Crippen LogP contribution in [0.5, 0.6) is 0 Å². The number of hydrogen-bond donors (Lipinski definition) is 0. The molecule has 4 heteroatoms. The maximum atomic E-state index is 11.9. The van der Waals surface area contributed by atoms with Gasteiger partial charge in [0, 0.05) is 19.4 Å². The summed E-state index contributed by atoms with van der Waals surface area (Å²) < 4.78 is 2.68. The predicted octanol–water partition coefficient (Wildman–Crippen LogP) is 1.15. The zero-order chi connectivity index (χ0) is 12.6. The van der Waals surface area contributed by atoms with Crippen molar-refractivity contribution in [3.8, 4) is 5.69 Å². The third kappa shape index (κ3) is 1.93. The van der Waals surface area contributed by atoms with Crippen molar-refractivity contribution in [3.63, 3.8) is 0 Å². The summed E-state index contributed by atoms with van der Waals surface area (Å²) in [5.74, 6) is 0. The Morgan fingerprint density at radius 1 is 1.00 bits per heavy atom. The first-order chi connectivity index (χ1) is 8.00. The molecule has 88 valence electrons. The second-order valence-electron chi connectivity index (χ2n) is 4.18. The standard InChI is InChI=1S/C13H14N2O2/c1-9-4-5-10(2)11(8-9)15-7-6-14(3)12(16)13(15)17/h4-8H,1-3H3. The van der Waals surface area contributed by atoms with Crippen LogP contribution >= 0.6 is 0 Å². The van der Waals surface area contributed by atoms with Gasteiger partial charge in [-0.05, 0) is 31.0 Å². The fourth-order valence-electron chi connectivity index (χ4n) is 1.72. The van der Waals surface area contributed by atoms with Gasteiger partial charge in [-0.25, -0.2) is 0 Å². The Morgan fingerprint density at radius 2 is 1.71 bits per heavy atom. The largest absolute Gasteiger partial charge is 0.320 e. The fraction of sp³-hybridized carbons (Fsp3) is 0.231. The van der Waals surface area contributed by atoms with Gasteiger partial charge >= 0.3 is 11.1 Å². The molecule has 0 N–H and O–H groups in total. The second-order valence-corrected chi connectivity index (χ2v) is 4.18. The number of aromatic nitrogens is 2. The molecule has 0 aliphatic carbocycles. The molecule has 17 heavy (non-hydrogen) atoms. The number of aryl methyl sites for hydroxylation is 3. The summed E-state index contributed by atoms with van der Waals surface area (Å²) in [5.41, 5.74) is 1.73. The van der Waals surface area contributed by atoms with E-state index in [0.29, 0.717) is 0 Å². The summed E-state index contributed by atoms with van der Waals surface area (Å²) in [6, 6.07) is 5.82. The van der Waals surface area contributed by atoms with Crippen LogP contribution in [-0.4, -0.2) is 9.13 Å². The number of benzene rings is 1. The Bertz CT molecular complexity index is 681. The minimum atomic E-state index is -0.524. The third-order valence-electron chi connectivity index (χ3n) is 2.79. The fourth-order valence-corrected chi connectivity index (χ4v) is 1.72. The van der Waals surface area contributed by atoms with Crippen molar-refractivity contribution < 1.29 is 0 Å². The summed E-state index contributed by atoms with van der Waals surface area (Å²) in [7, 11) is 1.57. The van der Waals surface area contributed by atoms with E-state index in [-0.39, 0.29) is 0 Å². The van der Waals surface area contributed by atoms with Crippen molar-refractivity contribution >= 4 is 0 Å². The van der Waals surface area contributed by atoms with Gasteiger partial charge in [0.2, 0.25) is 0 Å². The lowest BCUT2D eigenvalue weighted by Crippen LogP contribution is -2.38. The minimum absolute atomic E-state index is 0.520. The summed E-state index contributed by atoms with van der Waals surface area (Å²) in [6.07, 6.45) is 3.21. The highest BCUT2D eigenvalue weighted by Crippen LogP contribution is 2.13. The molecule has 0 saturated carbocycles. The molecule has 0 aliphatic rings. The van der Waals surface area contributed by atoms with Crippen LogP contribution in [-0.2, 0) is 7.05 Å². The van der Waals surface area contributed by atoms with Crippen LogP contribution < -0.4 is 11.1 Å². The van der Waals surface area contributed by atoms with Crippen molar-refractivity contribution in [1.29, 1.82) is 0 Å². The maximum absolute atomic E-state index is 11.9. The molecule has 0 spiro atoms. The van der Waals surface area contributed by atoms with E-state index in [1.807, 2.05) is 32.0 Å². The number of rotatable bonds is 1. The summed E-state index contributed by atoms with van der Waals surface area (Å²) in [4.78, 5) is 23.5. The molecule has 0 saturated heterocycles. The molecule has 1 aromatic carbocycles. The molecule has 0 amide bonds. The Hall–Kier alpha value is -2.10. The monoisotopic (exact) mass is 230 g/mol. The molecule has 1 aromatic heterocycles. The van der Waals surface area contributed by atoms with Crippen molar-refractivity contribution in [2.75, 3.05) is 0 Å². The van der Waals surface area contributed by atoms with E-state index in [1.54, 1.807) is 19.4 Å². The lowest BCUT2D eigenvalue weighted by atomic mass is 10.1. The molecule has 0 fully saturated rings. The van der Waals surface area contributed by atoms with E-state index in [1.165, 1.54) is 9.13 Å². The highest BCUT2D eigenvalue weighted by molar-refractivity contribution is 5.42. The Balaban J connectivity index is 2.78. The zero-order valence-electron chi connectivity index (χ0n) is 10.1. The average Bonchev–Trinajstić information content (AvgIpc) is 2.30. The van der Waals surface area contributed by atoms with Crippen molar-refractivity contribution in [1.82, 2.24) is 9.13 Å². The molecular formula is C13H14N2O2. The molecule has 0 radical (unpaired) electrons. The van der Waals surface area contributed by atoms with Gasteiger partial charge in [0.1, 0.15) is 0 Å². The second kappa shape index (κ2) is 4.05. The Kier molecular flexibility index (Phi) is 2.71. The van der Waals surface area contributed by atoms with Crippen LogP contribution in [0, 0.1) is 13.8 Å². The van der Waals surface area contributed by atoms with Crippen LogP contribution in [0.25, 0.3) is 5.69 Å². The van der Waals surface area contributed by atoms with Crippen molar-refractivity contribution in [2.45, 2.75) is 13.8 Å². The van der Waals surface area contributed by atoms with Gasteiger partial charge in [0.25, 0.3) is 0 Å². The van der Waals surface area contributed by atoms with Gasteiger partial charge in [-0.1, -0.05) is 12.1 Å². The molecule has 1 heterocycles. The van der Waals surface area contributed by atoms with Crippen molar-refractivity contribution in [2.24, 2.45) is 7.05 Å². The van der Waals surface area contributed by atoms with Gasteiger partial charge in [-0.15, -0.1) is 0 Å². The molecule has 2 aromatic rings. The van der Waals surface area contributed by atoms with Gasteiger partial charge in [-0.2, -0.15) is 0 Å². The first-order valence-electron chi connectivity index (χ1n) is 5.36. The first-order valence-corrected chi connectivity index (χ1v) is 5.36. The van der Waals surface area contributed by atoms with E-state index in [2.05, 4.69) is 0 Å². The zero-order valence-corrected chi connectivity index (χ0v) is 10.1. The van der Waals surface area contributed by atoms with Gasteiger partial charge in [-0.3, -0.25) is 14.2 Å². The molecule has 0 unspecified atom stereocenters. The van der Waals surface area contributed by atoms with Gasteiger partial charge < -0.3 is 4.57 Å². The minimum Gasteiger partial charge on any atom is -0.312 e. The van der Waals surface area contributed by atoms with Gasteiger partial charge in [0.15, 0.2) is 0 Å². The summed E-state index contributed by atoms with van der Waals surface area (Å²) >= 11 is 0. The summed E-state index contributed by atoms with van der Waals surface area (Å²) in [6.45, 7) is 3.87. The number of hydrogen-bond acceptors (Lipinski definition) is 2. The molecule has 4 nitrogen and oxygen atoms in total. The van der Waals surface area contributed by atoms with Crippen LogP contribution in [0.15, 0.2) is 40.2 Å². The predicted molar refractivity (Wildman–Crippen MR) is 66.8 cm³/mol. The van der Waals surface area contributed by atoms with E-state index in [9.17, 15) is 9.59 Å². The van der Waals surface area contributed by atoms with E-state index >= 15 is 0 Å². The van der Waals surface area contributed by atoms with E-state index in [0.717, 1.165) is 16.8 Å². The van der Waals surface area contributed by atoms with Crippen LogP contribution in [0.4, 0.5) is 0 Å². The van der Waals surface area contributed by atoms with Crippen LogP contribution in [0.1, 0.15) is 11.1 Å². The Morgan fingerprint density at radius 3 is 2.41 bits per heavy atom. The molecule has 0 bridgehead atoms. The highest BCUT2D eigenvalue weighted by Gasteiger charge is 2.06. The first kappa shape index (κ1) is 11.4. The van der Waals surface area contributed by atoms with Gasteiger partial charge in [0.05, 0.1) is 5.69 Å². The Labute approximate surface area is 98.8 Å². The number of nitrogens with zero attached hydrogens (tertiary/aromatic N) is 2. The third-order valence-corrected chi connectivity index (χ3v) is 2.79. The maximum Gasteiger partial charge on any atom is 0.320 e. The molecule has 2 rings (SSSR count). The lowest BCUT2D eigenvalue weighted by Gasteiger charge is -2.10. The normalized spacial score (nSPS) is 10.5. The molecule has 0 atom stereocenters. The SMILES string of the molecule is Cc1ccc(C)c(-n2ccn(C)c(=O)c2=O)c1. The van der Waals surface area contributed by atoms with Crippen molar-refractivity contribution in [3.05, 3.63) is 62.4 Å². The van der Waals surface area contributed by atoms with Crippen LogP contribution in [0.2, 0.25) is 0 Å². The topological polar surface area (TPSA) is 44.0 Å². The summed E-state index contributed by atoms with van der Waals surface area (Å²) in [5, 5.41) is 0. The molecule has 0 aliphatic heterocycles. The quantitative estimate of drug-likeness (QED) is 0.690. The van der Waals surface area contributed by atoms with E-state index < -0.39 is 11.1 Å². The lowest BCUT2D eigenvalue weighted by molar-refractivity contribution is 0.785. The molecular weight excluding hydrogens is 216 g/mol. The smallest absolute Gasteiger partial charge is 0.312 e. The average molecular weight is 230 g/mol. The van der Waals surface area contributed by atoms with E-state index in [4.69, 9.17) is 0 Å². The van der Waals surface area contributed by atoms with Crippen LogP contribution in [0.3, 0.4) is 0 Å².